The fraction of sp³-hybridized carbons (Fsp3) is 0.400. The largest absolute Gasteiger partial charge is 0.293 e. The molecule has 0 N–H and O–H groups in total. The Labute approximate surface area is 133 Å². The molecule has 0 unspecified atom stereocenters. The Hall–Kier alpha value is -1.64. The molecule has 0 saturated heterocycles. The normalized spacial score (nSPS) is 19.1. The van der Waals surface area contributed by atoms with Crippen molar-refractivity contribution in [2.75, 3.05) is 0 Å². The minimum absolute atomic E-state index is 0.138. The maximum Gasteiger partial charge on any atom is 0.0936 e. The van der Waals surface area contributed by atoms with Gasteiger partial charge < -0.3 is 0 Å². The van der Waals surface area contributed by atoms with Crippen molar-refractivity contribution in [3.63, 3.8) is 0 Å². The Morgan fingerprint density at radius 3 is 2.18 bits per heavy atom. The predicted molar refractivity (Wildman–Crippen MR) is 90.3 cm³/mol. The number of aryl methyl sites for hydroxylation is 1. The first-order valence-corrected chi connectivity index (χ1v) is 7.92. The molecule has 2 aromatic rings. The number of hydrogen-bond acceptors (Lipinski definition) is 2. The van der Waals surface area contributed by atoms with Gasteiger partial charge in [0, 0.05) is 0 Å². The van der Waals surface area contributed by atoms with Gasteiger partial charge in [0.05, 0.1) is 17.7 Å². The number of hydrogen-bond donors (Lipinski definition) is 0. The molecule has 0 radical (unpaired) electrons. The van der Waals surface area contributed by atoms with Crippen LogP contribution in [0.2, 0.25) is 0 Å². The van der Waals surface area contributed by atoms with E-state index in [1.165, 1.54) is 22.3 Å². The molecular weight excluding hydrogens is 270 g/mol. The van der Waals surface area contributed by atoms with Crippen LogP contribution in [0.15, 0.2) is 48.5 Å². The van der Waals surface area contributed by atoms with Crippen molar-refractivity contribution in [2.24, 2.45) is 0 Å². The second kappa shape index (κ2) is 5.22. The van der Waals surface area contributed by atoms with E-state index in [1.54, 1.807) is 0 Å². The lowest BCUT2D eigenvalue weighted by Crippen LogP contribution is -2.45. The predicted octanol–water partition coefficient (Wildman–Crippen LogP) is 4.91. The number of nitrogens with zero attached hydrogens (tertiary/aromatic N) is 1. The van der Waals surface area contributed by atoms with Crippen molar-refractivity contribution in [2.45, 2.75) is 52.3 Å². The zero-order chi connectivity index (χ0) is 16.0. The number of benzene rings is 2. The minimum atomic E-state index is -0.139. The van der Waals surface area contributed by atoms with Crippen molar-refractivity contribution in [3.8, 4) is 0 Å². The summed E-state index contributed by atoms with van der Waals surface area (Å²) in [4.78, 5) is 6.28. The lowest BCUT2D eigenvalue weighted by molar-refractivity contribution is -0.268. The minimum Gasteiger partial charge on any atom is -0.293 e. The molecule has 0 saturated carbocycles. The van der Waals surface area contributed by atoms with Crippen LogP contribution in [0.5, 0.6) is 0 Å². The second-order valence-corrected chi connectivity index (χ2v) is 7.22. The van der Waals surface area contributed by atoms with Gasteiger partial charge in [-0.3, -0.25) is 4.84 Å². The quantitative estimate of drug-likeness (QED) is 0.797. The molecule has 1 aliphatic rings. The van der Waals surface area contributed by atoms with Crippen molar-refractivity contribution in [1.29, 1.82) is 0 Å². The van der Waals surface area contributed by atoms with Gasteiger partial charge in [-0.2, -0.15) is 5.06 Å². The van der Waals surface area contributed by atoms with Gasteiger partial charge in [0.15, 0.2) is 0 Å². The highest BCUT2D eigenvalue weighted by Crippen LogP contribution is 2.49. The molecule has 0 spiro atoms. The molecular formula is C20H25NO. The zero-order valence-electron chi connectivity index (χ0n) is 14.2. The second-order valence-electron chi connectivity index (χ2n) is 7.22. The summed E-state index contributed by atoms with van der Waals surface area (Å²) < 4.78 is 0. The van der Waals surface area contributed by atoms with E-state index in [0.717, 1.165) is 0 Å². The molecule has 22 heavy (non-hydrogen) atoms. The van der Waals surface area contributed by atoms with E-state index in [9.17, 15) is 0 Å². The molecule has 0 aromatic heterocycles. The van der Waals surface area contributed by atoms with Crippen LogP contribution < -0.4 is 0 Å². The topological polar surface area (TPSA) is 12.5 Å². The van der Waals surface area contributed by atoms with Crippen LogP contribution in [0, 0.1) is 6.92 Å². The van der Waals surface area contributed by atoms with E-state index in [4.69, 9.17) is 4.84 Å². The van der Waals surface area contributed by atoms with Gasteiger partial charge in [0.1, 0.15) is 0 Å². The van der Waals surface area contributed by atoms with E-state index >= 15 is 0 Å². The molecule has 0 amide bonds. The number of hydroxylamine groups is 2. The Kier molecular flexibility index (Phi) is 3.62. The summed E-state index contributed by atoms with van der Waals surface area (Å²) in [6.45, 7) is 11.7. The van der Waals surface area contributed by atoms with Gasteiger partial charge in [-0.1, -0.05) is 54.1 Å². The van der Waals surface area contributed by atoms with Crippen molar-refractivity contribution in [1.82, 2.24) is 5.06 Å². The average molecular weight is 295 g/mol. The Bertz CT molecular complexity index is 673. The third kappa shape index (κ3) is 2.37. The van der Waals surface area contributed by atoms with Crippen LogP contribution >= 0.6 is 0 Å². The Morgan fingerprint density at radius 2 is 1.50 bits per heavy atom. The maximum absolute atomic E-state index is 6.28. The first-order valence-electron chi connectivity index (χ1n) is 7.92. The average Bonchev–Trinajstić information content (AvgIpc) is 2.61. The van der Waals surface area contributed by atoms with Gasteiger partial charge in [0.25, 0.3) is 0 Å². The van der Waals surface area contributed by atoms with Crippen LogP contribution in [-0.4, -0.2) is 5.06 Å². The first kappa shape index (κ1) is 15.3. The number of fused-ring (bicyclic) bond motifs is 1. The fourth-order valence-corrected chi connectivity index (χ4v) is 3.65. The fourth-order valence-electron chi connectivity index (χ4n) is 3.65. The first-order chi connectivity index (χ1) is 10.3. The lowest BCUT2D eigenvalue weighted by atomic mass is 9.89. The highest BCUT2D eigenvalue weighted by atomic mass is 16.7. The third-order valence-electron chi connectivity index (χ3n) is 4.71. The summed E-state index contributed by atoms with van der Waals surface area (Å²) >= 11 is 0. The van der Waals surface area contributed by atoms with Crippen LogP contribution in [-0.2, 0) is 22.5 Å². The highest BCUT2D eigenvalue weighted by Gasteiger charge is 2.50. The molecule has 1 aliphatic heterocycles. The molecule has 0 fully saturated rings. The van der Waals surface area contributed by atoms with E-state index < -0.39 is 0 Å². The zero-order valence-corrected chi connectivity index (χ0v) is 14.2. The number of rotatable bonds is 3. The molecule has 2 aromatic carbocycles. The maximum atomic E-state index is 6.28. The van der Waals surface area contributed by atoms with Gasteiger partial charge in [-0.05, 0) is 51.3 Å². The van der Waals surface area contributed by atoms with Crippen molar-refractivity contribution >= 4 is 0 Å². The molecule has 0 atom stereocenters. The molecule has 116 valence electrons. The summed E-state index contributed by atoms with van der Waals surface area (Å²) in [5, 5.41) is 2.16. The monoisotopic (exact) mass is 295 g/mol. The third-order valence-corrected chi connectivity index (χ3v) is 4.71. The van der Waals surface area contributed by atoms with Gasteiger partial charge >= 0.3 is 0 Å². The Balaban J connectivity index is 1.92. The highest BCUT2D eigenvalue weighted by molar-refractivity contribution is 5.44. The lowest BCUT2D eigenvalue weighted by Gasteiger charge is -2.39. The van der Waals surface area contributed by atoms with Gasteiger partial charge in [-0.25, -0.2) is 0 Å². The standard InChI is InChI=1S/C20H25NO/c1-15-11-12-17-18(13-15)20(4,5)21(19(17,2)3)22-14-16-9-7-6-8-10-16/h6-13H,14H2,1-5H3. The van der Waals surface area contributed by atoms with E-state index in [2.05, 4.69) is 82.1 Å². The van der Waals surface area contributed by atoms with E-state index in [0.29, 0.717) is 6.61 Å². The summed E-state index contributed by atoms with van der Waals surface area (Å²) in [7, 11) is 0. The smallest absolute Gasteiger partial charge is 0.0936 e. The van der Waals surface area contributed by atoms with Crippen LogP contribution in [0.1, 0.15) is 49.9 Å². The molecule has 0 bridgehead atoms. The van der Waals surface area contributed by atoms with Crippen LogP contribution in [0.4, 0.5) is 0 Å². The van der Waals surface area contributed by atoms with Crippen molar-refractivity contribution < 1.29 is 4.84 Å². The van der Waals surface area contributed by atoms with E-state index in [1.807, 2.05) is 6.07 Å². The summed E-state index contributed by atoms with van der Waals surface area (Å²) in [5.74, 6) is 0. The SMILES string of the molecule is Cc1ccc2c(c1)C(C)(C)N(OCc1ccccc1)C2(C)C. The molecule has 2 nitrogen and oxygen atoms in total. The molecule has 3 rings (SSSR count). The van der Waals surface area contributed by atoms with E-state index in [-0.39, 0.29) is 11.1 Å². The molecule has 1 heterocycles. The summed E-state index contributed by atoms with van der Waals surface area (Å²) in [6, 6.07) is 17.1. The molecule has 2 heteroatoms. The van der Waals surface area contributed by atoms with Gasteiger partial charge in [-0.15, -0.1) is 0 Å². The van der Waals surface area contributed by atoms with Crippen molar-refractivity contribution in [3.05, 3.63) is 70.8 Å². The molecule has 0 aliphatic carbocycles. The van der Waals surface area contributed by atoms with Gasteiger partial charge in [0.2, 0.25) is 0 Å². The summed E-state index contributed by atoms with van der Waals surface area (Å²) in [5.41, 5.74) is 4.94. The summed E-state index contributed by atoms with van der Waals surface area (Å²) in [6.07, 6.45) is 0. The Morgan fingerprint density at radius 1 is 0.864 bits per heavy atom. The van der Waals surface area contributed by atoms with Crippen LogP contribution in [0.3, 0.4) is 0 Å². The van der Waals surface area contributed by atoms with Crippen LogP contribution in [0.25, 0.3) is 0 Å².